The Hall–Kier alpha value is -9.02. The van der Waals surface area contributed by atoms with Gasteiger partial charge in [0.25, 0.3) is 0 Å². The monoisotopic (exact) mass is 1010 g/mol. The molecule has 0 saturated carbocycles. The van der Waals surface area contributed by atoms with Gasteiger partial charge in [0.2, 0.25) is 0 Å². The summed E-state index contributed by atoms with van der Waals surface area (Å²) in [4.78, 5) is 0. The molecular formula is C71H47BrN2. The highest BCUT2D eigenvalue weighted by Gasteiger charge is 2.23. The van der Waals surface area contributed by atoms with Crippen LogP contribution in [0.5, 0.6) is 0 Å². The minimum atomic E-state index is 1.08. The maximum absolute atomic E-state index is 3.68. The van der Waals surface area contributed by atoms with Crippen molar-refractivity contribution in [3.63, 3.8) is 0 Å². The molecule has 2 aromatic heterocycles. The third-order valence-electron chi connectivity index (χ3n) is 15.1. The van der Waals surface area contributed by atoms with E-state index in [2.05, 4.69) is 299 Å². The lowest BCUT2D eigenvalue weighted by atomic mass is 9.91. The first kappa shape index (κ1) is 43.7. The normalized spacial score (nSPS) is 11.6. The first-order chi connectivity index (χ1) is 36.6. The first-order valence-electron chi connectivity index (χ1n) is 25.4. The zero-order chi connectivity index (χ0) is 49.3. The van der Waals surface area contributed by atoms with E-state index in [1.54, 1.807) is 0 Å². The lowest BCUT2D eigenvalue weighted by Crippen LogP contribution is -1.94. The summed E-state index contributed by atoms with van der Waals surface area (Å²) < 4.78 is 5.93. The Bertz CT molecular complexity index is 4290. The average Bonchev–Trinajstić information content (AvgIpc) is 4.00. The van der Waals surface area contributed by atoms with Crippen molar-refractivity contribution in [1.82, 2.24) is 9.13 Å². The fourth-order valence-electron chi connectivity index (χ4n) is 11.7. The Morgan fingerprint density at radius 3 is 0.932 bits per heavy atom. The number of halogens is 1. The summed E-state index contributed by atoms with van der Waals surface area (Å²) in [5.41, 5.74) is 21.1. The highest BCUT2D eigenvalue weighted by Crippen LogP contribution is 2.47. The van der Waals surface area contributed by atoms with Crippen molar-refractivity contribution in [2.45, 2.75) is 6.92 Å². The SMILES string of the molecule is Brc1cccc(-n2c3ccc(-c4ccccc4)c4ccc5c(-c6ccccc6)ccc2c5c43)c1.Cc1ccc(-c2cccc(-n3c4ccc(-c5ccccc5)c5ccc6c(-c7ccccc7)ccc3c6c54)c2)cc1. The van der Waals surface area contributed by atoms with E-state index in [1.807, 2.05) is 0 Å². The molecule has 0 atom stereocenters. The molecule has 74 heavy (non-hydrogen) atoms. The van der Waals surface area contributed by atoms with Crippen molar-refractivity contribution in [2.75, 3.05) is 0 Å². The molecule has 348 valence electrons. The fraction of sp³-hybridized carbons (Fsp3) is 0.0141. The van der Waals surface area contributed by atoms with E-state index in [0.29, 0.717) is 0 Å². The van der Waals surface area contributed by atoms with E-state index >= 15 is 0 Å². The Morgan fingerprint density at radius 1 is 0.257 bits per heavy atom. The number of aryl methyl sites for hydroxylation is 1. The summed E-state index contributed by atoms with van der Waals surface area (Å²) in [6, 6.07) is 96.8. The van der Waals surface area contributed by atoms with Crippen LogP contribution in [0.1, 0.15) is 5.56 Å². The van der Waals surface area contributed by atoms with Crippen LogP contribution in [-0.2, 0) is 0 Å². The van der Waals surface area contributed by atoms with Crippen molar-refractivity contribution < 1.29 is 0 Å². The second-order valence-corrected chi connectivity index (χ2v) is 20.3. The molecule has 2 heterocycles. The molecular weight excluding hydrogens is 961 g/mol. The molecule has 0 saturated heterocycles. The van der Waals surface area contributed by atoms with Gasteiger partial charge in [0.1, 0.15) is 0 Å². The fourth-order valence-corrected chi connectivity index (χ4v) is 12.1. The van der Waals surface area contributed by atoms with Crippen LogP contribution in [0.15, 0.2) is 271 Å². The Kier molecular flexibility index (Phi) is 10.6. The average molecular weight is 1010 g/mol. The predicted molar refractivity (Wildman–Crippen MR) is 319 cm³/mol. The molecule has 15 rings (SSSR count). The topological polar surface area (TPSA) is 9.86 Å². The van der Waals surface area contributed by atoms with E-state index in [4.69, 9.17) is 0 Å². The van der Waals surface area contributed by atoms with E-state index < -0.39 is 0 Å². The summed E-state index contributed by atoms with van der Waals surface area (Å²) in [5.74, 6) is 0. The number of rotatable bonds is 7. The first-order valence-corrected chi connectivity index (χ1v) is 26.1. The molecule has 13 aromatic carbocycles. The van der Waals surface area contributed by atoms with Crippen LogP contribution in [0.2, 0.25) is 0 Å². The highest BCUT2D eigenvalue weighted by molar-refractivity contribution is 9.10. The standard InChI is InChI=1S/C39H27N.C32H20BrN/c1-26-15-17-27(18-16-26)30-13-8-14-31(25-30)40-36-23-21-32(28-9-4-2-5-10-28)34-19-20-35-33(29-11-6-3-7-12-29)22-24-37(40)39(35)38(34)36;33-23-12-7-13-24(20-23)34-29-18-16-25(21-8-3-1-4-9-21)27-14-15-28-26(22-10-5-2-6-11-22)17-19-30(34)32(28)31(27)29/h2-25H,1H3;1-20H. The molecule has 0 aliphatic rings. The van der Waals surface area contributed by atoms with Crippen LogP contribution in [0.3, 0.4) is 0 Å². The predicted octanol–water partition coefficient (Wildman–Crippen LogP) is 20.2. The van der Waals surface area contributed by atoms with Crippen molar-refractivity contribution >= 4 is 81.1 Å². The summed E-state index contributed by atoms with van der Waals surface area (Å²) in [6.07, 6.45) is 0. The van der Waals surface area contributed by atoms with Crippen molar-refractivity contribution in [1.29, 1.82) is 0 Å². The smallest absolute Gasteiger partial charge is 0.0547 e. The van der Waals surface area contributed by atoms with Gasteiger partial charge in [-0.2, -0.15) is 0 Å². The second kappa shape index (κ2) is 17.9. The van der Waals surface area contributed by atoms with E-state index in [9.17, 15) is 0 Å². The van der Waals surface area contributed by atoms with Gasteiger partial charge in [-0.1, -0.05) is 234 Å². The molecule has 0 N–H and O–H groups in total. The molecule has 0 fully saturated rings. The maximum Gasteiger partial charge on any atom is 0.0547 e. The van der Waals surface area contributed by atoms with Crippen molar-refractivity contribution in [3.8, 4) is 67.0 Å². The lowest BCUT2D eigenvalue weighted by molar-refractivity contribution is 1.18. The van der Waals surface area contributed by atoms with Crippen LogP contribution in [-0.4, -0.2) is 9.13 Å². The Labute approximate surface area is 438 Å². The number of nitrogens with zero attached hydrogens (tertiary/aromatic N) is 2. The molecule has 0 aliphatic heterocycles. The number of aromatic nitrogens is 2. The van der Waals surface area contributed by atoms with Gasteiger partial charge in [0.15, 0.2) is 0 Å². The molecule has 15 aromatic rings. The van der Waals surface area contributed by atoms with Gasteiger partial charge in [-0.3, -0.25) is 0 Å². The zero-order valence-electron chi connectivity index (χ0n) is 40.7. The third kappa shape index (κ3) is 7.23. The maximum atomic E-state index is 3.68. The van der Waals surface area contributed by atoms with Gasteiger partial charge >= 0.3 is 0 Å². The molecule has 0 amide bonds. The zero-order valence-corrected chi connectivity index (χ0v) is 42.3. The van der Waals surface area contributed by atoms with E-state index in [-0.39, 0.29) is 0 Å². The summed E-state index contributed by atoms with van der Waals surface area (Å²) in [7, 11) is 0. The van der Waals surface area contributed by atoms with Gasteiger partial charge in [0, 0.05) is 37.4 Å². The summed E-state index contributed by atoms with van der Waals surface area (Å²) >= 11 is 3.68. The van der Waals surface area contributed by atoms with Crippen LogP contribution in [0, 0.1) is 6.92 Å². The molecule has 2 nitrogen and oxygen atoms in total. The van der Waals surface area contributed by atoms with Gasteiger partial charge in [-0.15, -0.1) is 0 Å². The lowest BCUT2D eigenvalue weighted by Gasteiger charge is -2.11. The van der Waals surface area contributed by atoms with Gasteiger partial charge < -0.3 is 9.13 Å². The van der Waals surface area contributed by atoms with Crippen LogP contribution in [0.25, 0.3) is 132 Å². The van der Waals surface area contributed by atoms with Gasteiger partial charge in [-0.25, -0.2) is 0 Å². The Balaban J connectivity index is 0.000000138. The third-order valence-corrected chi connectivity index (χ3v) is 15.6. The Morgan fingerprint density at radius 2 is 0.581 bits per heavy atom. The number of hydrogen-bond donors (Lipinski definition) is 0. The van der Waals surface area contributed by atoms with Crippen LogP contribution < -0.4 is 0 Å². The molecule has 0 bridgehead atoms. The van der Waals surface area contributed by atoms with E-state index in [0.717, 1.165) is 10.2 Å². The molecule has 0 spiro atoms. The van der Waals surface area contributed by atoms with Crippen molar-refractivity contribution in [3.05, 3.63) is 277 Å². The van der Waals surface area contributed by atoms with Gasteiger partial charge in [-0.05, 0) is 139 Å². The minimum Gasteiger partial charge on any atom is -0.309 e. The van der Waals surface area contributed by atoms with Crippen LogP contribution in [0.4, 0.5) is 0 Å². The minimum absolute atomic E-state index is 1.08. The highest BCUT2D eigenvalue weighted by atomic mass is 79.9. The largest absolute Gasteiger partial charge is 0.309 e. The molecule has 3 heteroatoms. The summed E-state index contributed by atoms with van der Waals surface area (Å²) in [5, 5.41) is 10.5. The number of benzene rings is 13. The van der Waals surface area contributed by atoms with Crippen LogP contribution >= 0.6 is 15.9 Å². The molecule has 0 aliphatic carbocycles. The molecule has 0 radical (unpaired) electrons. The summed E-state index contributed by atoms with van der Waals surface area (Å²) in [6.45, 7) is 2.14. The van der Waals surface area contributed by atoms with Crippen molar-refractivity contribution in [2.24, 2.45) is 0 Å². The quantitative estimate of drug-likeness (QED) is 0.141. The molecule has 0 unspecified atom stereocenters. The van der Waals surface area contributed by atoms with Gasteiger partial charge in [0.05, 0.1) is 22.1 Å². The number of hydrogen-bond acceptors (Lipinski definition) is 0. The van der Waals surface area contributed by atoms with E-state index in [1.165, 1.54) is 132 Å². The second-order valence-electron chi connectivity index (χ2n) is 19.4.